The molecule has 1 saturated heterocycles. The second kappa shape index (κ2) is 6.50. The molecular formula is C17H22FN3. The number of pyridine rings is 1. The number of hydrogen-bond acceptors (Lipinski definition) is 3. The summed E-state index contributed by atoms with van der Waals surface area (Å²) in [5.74, 6) is -0.192. The number of rotatable bonds is 5. The fraction of sp³-hybridized carbons (Fsp3) is 0.471. The van der Waals surface area contributed by atoms with Gasteiger partial charge in [-0.25, -0.2) is 4.39 Å². The van der Waals surface area contributed by atoms with Gasteiger partial charge in [-0.1, -0.05) is 13.0 Å². The monoisotopic (exact) mass is 287 g/mol. The van der Waals surface area contributed by atoms with Crippen LogP contribution in [0.15, 0.2) is 30.5 Å². The summed E-state index contributed by atoms with van der Waals surface area (Å²) >= 11 is 0. The van der Waals surface area contributed by atoms with Crippen molar-refractivity contribution in [3.8, 4) is 0 Å². The first-order valence-electron chi connectivity index (χ1n) is 7.75. The molecular weight excluding hydrogens is 265 g/mol. The Morgan fingerprint density at radius 2 is 2.29 bits per heavy atom. The zero-order valence-electron chi connectivity index (χ0n) is 12.5. The van der Waals surface area contributed by atoms with Gasteiger partial charge < -0.3 is 5.32 Å². The SMILES string of the molecule is CCN(Cc1ccc(F)c2cccnc12)CC1CCCN1. The van der Waals surface area contributed by atoms with Crippen LogP contribution in [0.5, 0.6) is 0 Å². The molecule has 21 heavy (non-hydrogen) atoms. The summed E-state index contributed by atoms with van der Waals surface area (Å²) in [5, 5.41) is 4.15. The maximum atomic E-state index is 13.8. The van der Waals surface area contributed by atoms with Gasteiger partial charge in [0.1, 0.15) is 5.82 Å². The summed E-state index contributed by atoms with van der Waals surface area (Å²) in [6.45, 7) is 6.16. The fourth-order valence-electron chi connectivity index (χ4n) is 3.09. The van der Waals surface area contributed by atoms with E-state index in [1.165, 1.54) is 12.8 Å². The van der Waals surface area contributed by atoms with Crippen LogP contribution in [-0.2, 0) is 6.54 Å². The van der Waals surface area contributed by atoms with Gasteiger partial charge in [0.25, 0.3) is 0 Å². The van der Waals surface area contributed by atoms with Gasteiger partial charge in [-0.15, -0.1) is 0 Å². The zero-order chi connectivity index (χ0) is 14.7. The molecule has 3 rings (SSSR count). The molecule has 1 N–H and O–H groups in total. The molecule has 1 aromatic carbocycles. The number of likely N-dealkylation sites (N-methyl/N-ethyl adjacent to an activating group) is 1. The van der Waals surface area contributed by atoms with Crippen molar-refractivity contribution >= 4 is 10.9 Å². The maximum Gasteiger partial charge on any atom is 0.132 e. The number of fused-ring (bicyclic) bond motifs is 1. The molecule has 112 valence electrons. The molecule has 2 aromatic rings. The molecule has 1 fully saturated rings. The minimum atomic E-state index is -0.192. The minimum Gasteiger partial charge on any atom is -0.313 e. The fourth-order valence-corrected chi connectivity index (χ4v) is 3.09. The van der Waals surface area contributed by atoms with Crippen LogP contribution in [0.2, 0.25) is 0 Å². The van der Waals surface area contributed by atoms with E-state index < -0.39 is 0 Å². The number of aromatic nitrogens is 1. The topological polar surface area (TPSA) is 28.2 Å². The average Bonchev–Trinajstić information content (AvgIpc) is 3.02. The van der Waals surface area contributed by atoms with Gasteiger partial charge in [0, 0.05) is 30.7 Å². The molecule has 0 aliphatic carbocycles. The molecule has 1 unspecified atom stereocenters. The third kappa shape index (κ3) is 3.22. The molecule has 0 bridgehead atoms. The van der Waals surface area contributed by atoms with Crippen molar-refractivity contribution in [1.82, 2.24) is 15.2 Å². The van der Waals surface area contributed by atoms with E-state index in [0.29, 0.717) is 11.4 Å². The van der Waals surface area contributed by atoms with E-state index in [1.54, 1.807) is 24.4 Å². The lowest BCUT2D eigenvalue weighted by Gasteiger charge is -2.24. The minimum absolute atomic E-state index is 0.192. The van der Waals surface area contributed by atoms with Crippen molar-refractivity contribution in [1.29, 1.82) is 0 Å². The normalized spacial score (nSPS) is 18.7. The molecule has 4 heteroatoms. The van der Waals surface area contributed by atoms with E-state index in [4.69, 9.17) is 0 Å². The van der Waals surface area contributed by atoms with Gasteiger partial charge in [-0.2, -0.15) is 0 Å². The summed E-state index contributed by atoms with van der Waals surface area (Å²) in [6.07, 6.45) is 4.25. The van der Waals surface area contributed by atoms with E-state index in [2.05, 4.69) is 22.1 Å². The Labute approximate surface area is 125 Å². The van der Waals surface area contributed by atoms with Gasteiger partial charge in [-0.05, 0) is 49.7 Å². The quantitative estimate of drug-likeness (QED) is 0.916. The molecule has 1 atom stereocenters. The molecule has 1 aliphatic heterocycles. The molecule has 0 saturated carbocycles. The highest BCUT2D eigenvalue weighted by Crippen LogP contribution is 2.21. The Morgan fingerprint density at radius 1 is 1.38 bits per heavy atom. The molecule has 0 spiro atoms. The van der Waals surface area contributed by atoms with Crippen molar-refractivity contribution < 1.29 is 4.39 Å². The number of nitrogens with one attached hydrogen (secondary N) is 1. The standard InChI is InChI=1S/C17H22FN3/c1-2-21(12-14-5-3-9-19-14)11-13-7-8-16(18)15-6-4-10-20-17(13)15/h4,6-8,10,14,19H,2-3,5,9,11-12H2,1H3. The Bertz CT molecular complexity index is 608. The van der Waals surface area contributed by atoms with Crippen LogP contribution < -0.4 is 5.32 Å². The highest BCUT2D eigenvalue weighted by atomic mass is 19.1. The average molecular weight is 287 g/mol. The Kier molecular flexibility index (Phi) is 4.46. The van der Waals surface area contributed by atoms with Crippen LogP contribution in [0.1, 0.15) is 25.3 Å². The van der Waals surface area contributed by atoms with Crippen molar-refractivity contribution in [3.63, 3.8) is 0 Å². The smallest absolute Gasteiger partial charge is 0.132 e. The van der Waals surface area contributed by atoms with E-state index in [0.717, 1.165) is 37.3 Å². The van der Waals surface area contributed by atoms with Gasteiger partial charge in [0.2, 0.25) is 0 Å². The Hall–Kier alpha value is -1.52. The van der Waals surface area contributed by atoms with Crippen molar-refractivity contribution in [3.05, 3.63) is 41.8 Å². The summed E-state index contributed by atoms with van der Waals surface area (Å²) in [4.78, 5) is 6.79. The first-order valence-corrected chi connectivity index (χ1v) is 7.75. The molecule has 1 aromatic heterocycles. The maximum absolute atomic E-state index is 13.8. The van der Waals surface area contributed by atoms with Crippen molar-refractivity contribution in [2.75, 3.05) is 19.6 Å². The summed E-state index contributed by atoms with van der Waals surface area (Å²) < 4.78 is 13.8. The first kappa shape index (κ1) is 14.4. The predicted octanol–water partition coefficient (Wildman–Crippen LogP) is 2.95. The van der Waals surface area contributed by atoms with E-state index in [-0.39, 0.29) is 5.82 Å². The summed E-state index contributed by atoms with van der Waals surface area (Å²) in [7, 11) is 0. The summed E-state index contributed by atoms with van der Waals surface area (Å²) in [6, 6.07) is 7.60. The largest absolute Gasteiger partial charge is 0.313 e. The third-order valence-electron chi connectivity index (χ3n) is 4.28. The van der Waals surface area contributed by atoms with Crippen LogP contribution in [0, 0.1) is 5.82 Å². The Balaban J connectivity index is 1.81. The summed E-state index contributed by atoms with van der Waals surface area (Å²) in [5.41, 5.74) is 1.89. The van der Waals surface area contributed by atoms with Gasteiger partial charge >= 0.3 is 0 Å². The van der Waals surface area contributed by atoms with E-state index in [1.807, 2.05) is 6.07 Å². The second-order valence-electron chi connectivity index (χ2n) is 5.73. The van der Waals surface area contributed by atoms with Crippen molar-refractivity contribution in [2.45, 2.75) is 32.4 Å². The highest BCUT2D eigenvalue weighted by molar-refractivity contribution is 5.82. The predicted molar refractivity (Wildman–Crippen MR) is 83.7 cm³/mol. The number of nitrogens with zero attached hydrogens (tertiary/aromatic N) is 2. The van der Waals surface area contributed by atoms with Crippen LogP contribution in [0.3, 0.4) is 0 Å². The lowest BCUT2D eigenvalue weighted by Crippen LogP contribution is -2.37. The molecule has 0 amide bonds. The number of halogens is 1. The molecule has 2 heterocycles. The van der Waals surface area contributed by atoms with Crippen LogP contribution >= 0.6 is 0 Å². The highest BCUT2D eigenvalue weighted by Gasteiger charge is 2.18. The van der Waals surface area contributed by atoms with Crippen LogP contribution in [-0.4, -0.2) is 35.6 Å². The molecule has 3 nitrogen and oxygen atoms in total. The van der Waals surface area contributed by atoms with Gasteiger partial charge in [0.05, 0.1) is 5.52 Å². The Morgan fingerprint density at radius 3 is 3.05 bits per heavy atom. The van der Waals surface area contributed by atoms with Gasteiger partial charge in [-0.3, -0.25) is 9.88 Å². The van der Waals surface area contributed by atoms with Crippen LogP contribution in [0.4, 0.5) is 4.39 Å². The lowest BCUT2D eigenvalue weighted by atomic mass is 10.1. The van der Waals surface area contributed by atoms with E-state index >= 15 is 0 Å². The number of benzene rings is 1. The molecule has 1 aliphatic rings. The molecule has 0 radical (unpaired) electrons. The number of hydrogen-bond donors (Lipinski definition) is 1. The second-order valence-corrected chi connectivity index (χ2v) is 5.73. The lowest BCUT2D eigenvalue weighted by molar-refractivity contribution is 0.254. The third-order valence-corrected chi connectivity index (χ3v) is 4.28. The van der Waals surface area contributed by atoms with Crippen LogP contribution in [0.25, 0.3) is 10.9 Å². The first-order chi connectivity index (χ1) is 10.3. The van der Waals surface area contributed by atoms with Crippen molar-refractivity contribution in [2.24, 2.45) is 0 Å². The zero-order valence-corrected chi connectivity index (χ0v) is 12.5. The van der Waals surface area contributed by atoms with Gasteiger partial charge in [0.15, 0.2) is 0 Å². The van der Waals surface area contributed by atoms with E-state index in [9.17, 15) is 4.39 Å².